The van der Waals surface area contributed by atoms with Crippen molar-refractivity contribution in [3.8, 4) is 5.75 Å². The van der Waals surface area contributed by atoms with Gasteiger partial charge in [0.2, 0.25) is 0 Å². The lowest BCUT2D eigenvalue weighted by Gasteiger charge is -2.12. The van der Waals surface area contributed by atoms with Gasteiger partial charge in [-0.25, -0.2) is 0 Å². The lowest BCUT2D eigenvalue weighted by atomic mass is 10.3. The summed E-state index contributed by atoms with van der Waals surface area (Å²) < 4.78 is 11.1. The van der Waals surface area contributed by atoms with E-state index in [0.717, 1.165) is 42.8 Å². The molecule has 1 aliphatic carbocycles. The van der Waals surface area contributed by atoms with Gasteiger partial charge < -0.3 is 14.8 Å². The Morgan fingerprint density at radius 2 is 2.22 bits per heavy atom. The molecule has 1 aromatic heterocycles. The number of aryl methyl sites for hydroxylation is 1. The van der Waals surface area contributed by atoms with Crippen LogP contribution >= 0.6 is 0 Å². The monoisotopic (exact) mass is 250 g/mol. The first-order chi connectivity index (χ1) is 8.79. The number of nitrogens with one attached hydrogen (secondary N) is 1. The average Bonchev–Trinajstić information content (AvgIpc) is 3.18. The van der Waals surface area contributed by atoms with E-state index in [9.17, 15) is 0 Å². The highest BCUT2D eigenvalue weighted by Gasteiger charge is 2.21. The molecular formula is C14H22N2O2. The van der Waals surface area contributed by atoms with Crippen molar-refractivity contribution in [3.05, 3.63) is 23.5 Å². The first-order valence-corrected chi connectivity index (χ1v) is 6.67. The molecule has 0 saturated heterocycles. The summed E-state index contributed by atoms with van der Waals surface area (Å²) in [5, 5.41) is 3.27. The van der Waals surface area contributed by atoms with Crippen LogP contribution in [0.15, 0.2) is 12.1 Å². The van der Waals surface area contributed by atoms with Crippen LogP contribution < -0.4 is 10.1 Å². The molecule has 0 unspecified atom stereocenters. The highest BCUT2D eigenvalue weighted by Crippen LogP contribution is 2.28. The summed E-state index contributed by atoms with van der Waals surface area (Å²) in [6.07, 6.45) is 2.61. The molecular weight excluding hydrogens is 228 g/mol. The lowest BCUT2D eigenvalue weighted by molar-refractivity contribution is 0.00915. The van der Waals surface area contributed by atoms with Gasteiger partial charge in [-0.05, 0) is 44.4 Å². The number of hydrogen-bond acceptors (Lipinski definition) is 4. The van der Waals surface area contributed by atoms with E-state index in [1.807, 2.05) is 19.1 Å². The molecule has 1 heterocycles. The van der Waals surface area contributed by atoms with Gasteiger partial charge in [0.1, 0.15) is 5.75 Å². The van der Waals surface area contributed by atoms with Crippen LogP contribution in [-0.4, -0.2) is 24.9 Å². The van der Waals surface area contributed by atoms with Crippen molar-refractivity contribution in [2.45, 2.75) is 33.2 Å². The quantitative estimate of drug-likeness (QED) is 0.568. The number of pyridine rings is 1. The van der Waals surface area contributed by atoms with Crippen LogP contribution in [0.25, 0.3) is 0 Å². The maximum Gasteiger partial charge on any atom is 0.189 e. The molecule has 1 N–H and O–H groups in total. The predicted molar refractivity (Wildman–Crippen MR) is 70.5 cm³/mol. The maximum absolute atomic E-state index is 5.64. The molecule has 0 spiro atoms. The van der Waals surface area contributed by atoms with E-state index in [4.69, 9.17) is 9.47 Å². The van der Waals surface area contributed by atoms with Gasteiger partial charge in [-0.1, -0.05) is 6.92 Å². The summed E-state index contributed by atoms with van der Waals surface area (Å²) in [4.78, 5) is 4.49. The van der Waals surface area contributed by atoms with Crippen LogP contribution in [0.4, 0.5) is 0 Å². The number of ether oxygens (including phenoxy) is 2. The van der Waals surface area contributed by atoms with Crippen LogP contribution in [0.1, 0.15) is 31.2 Å². The van der Waals surface area contributed by atoms with Crippen LogP contribution in [0, 0.1) is 12.8 Å². The third kappa shape index (κ3) is 4.27. The fraction of sp³-hybridized carbons (Fsp3) is 0.643. The van der Waals surface area contributed by atoms with Crippen molar-refractivity contribution in [2.75, 3.05) is 19.9 Å². The fourth-order valence-electron chi connectivity index (χ4n) is 1.70. The first kappa shape index (κ1) is 13.3. The second-order valence-electron chi connectivity index (χ2n) is 4.75. The van der Waals surface area contributed by atoms with Gasteiger partial charge in [-0.2, -0.15) is 0 Å². The van der Waals surface area contributed by atoms with Crippen molar-refractivity contribution in [1.29, 1.82) is 0 Å². The van der Waals surface area contributed by atoms with E-state index in [0.29, 0.717) is 6.79 Å². The van der Waals surface area contributed by atoms with E-state index < -0.39 is 0 Å². The zero-order valence-electron chi connectivity index (χ0n) is 11.2. The molecule has 0 amide bonds. The molecule has 0 radical (unpaired) electrons. The van der Waals surface area contributed by atoms with Crippen LogP contribution in [0.2, 0.25) is 0 Å². The summed E-state index contributed by atoms with van der Waals surface area (Å²) >= 11 is 0. The Balaban J connectivity index is 1.83. The molecule has 0 atom stereocenters. The number of aromatic nitrogens is 1. The Kier molecular flexibility index (Phi) is 4.96. The van der Waals surface area contributed by atoms with Crippen LogP contribution in [-0.2, 0) is 11.3 Å². The zero-order chi connectivity index (χ0) is 12.8. The number of hydrogen-bond donors (Lipinski definition) is 1. The number of rotatable bonds is 8. The van der Waals surface area contributed by atoms with Crippen molar-refractivity contribution >= 4 is 0 Å². The zero-order valence-corrected chi connectivity index (χ0v) is 11.2. The van der Waals surface area contributed by atoms with Gasteiger partial charge in [0, 0.05) is 12.2 Å². The second-order valence-corrected chi connectivity index (χ2v) is 4.75. The highest BCUT2D eigenvalue weighted by molar-refractivity contribution is 5.29. The molecule has 0 aliphatic heterocycles. The Hall–Kier alpha value is -1.13. The topological polar surface area (TPSA) is 43.4 Å². The van der Waals surface area contributed by atoms with Crippen LogP contribution in [0.3, 0.4) is 0 Å². The fourth-order valence-corrected chi connectivity index (χ4v) is 1.70. The van der Waals surface area contributed by atoms with Crippen LogP contribution in [0.5, 0.6) is 5.75 Å². The summed E-state index contributed by atoms with van der Waals surface area (Å²) in [6, 6.07) is 3.93. The smallest absolute Gasteiger partial charge is 0.189 e. The minimum atomic E-state index is 0.320. The third-order valence-corrected chi connectivity index (χ3v) is 2.96. The van der Waals surface area contributed by atoms with E-state index >= 15 is 0 Å². The van der Waals surface area contributed by atoms with Gasteiger partial charge in [-0.3, -0.25) is 4.98 Å². The molecule has 100 valence electrons. The second kappa shape index (κ2) is 6.71. The van der Waals surface area contributed by atoms with Gasteiger partial charge in [0.15, 0.2) is 6.79 Å². The highest BCUT2D eigenvalue weighted by atomic mass is 16.7. The molecule has 18 heavy (non-hydrogen) atoms. The normalized spacial score (nSPS) is 14.8. The summed E-state index contributed by atoms with van der Waals surface area (Å²) in [6.45, 7) is 6.86. The largest absolute Gasteiger partial charge is 0.466 e. The van der Waals surface area contributed by atoms with Gasteiger partial charge >= 0.3 is 0 Å². The molecule has 0 bridgehead atoms. The Morgan fingerprint density at radius 1 is 1.39 bits per heavy atom. The van der Waals surface area contributed by atoms with E-state index in [2.05, 4.69) is 17.2 Å². The average molecular weight is 250 g/mol. The SMILES string of the molecule is CCNCc1nc(C)ccc1OCOCC1CC1. The molecule has 1 saturated carbocycles. The molecule has 4 heteroatoms. The number of nitrogens with zero attached hydrogens (tertiary/aromatic N) is 1. The summed E-state index contributed by atoms with van der Waals surface area (Å²) in [7, 11) is 0. The van der Waals surface area contributed by atoms with Crippen molar-refractivity contribution in [3.63, 3.8) is 0 Å². The molecule has 4 nitrogen and oxygen atoms in total. The molecule has 1 fully saturated rings. The maximum atomic E-state index is 5.64. The van der Waals surface area contributed by atoms with E-state index in [-0.39, 0.29) is 0 Å². The molecule has 2 rings (SSSR count). The minimum Gasteiger partial charge on any atom is -0.466 e. The Bertz CT molecular complexity index is 378. The molecule has 1 aliphatic rings. The summed E-state index contributed by atoms with van der Waals surface area (Å²) in [5.74, 6) is 1.59. The third-order valence-electron chi connectivity index (χ3n) is 2.96. The van der Waals surface area contributed by atoms with E-state index in [1.165, 1.54) is 12.8 Å². The predicted octanol–water partition coefficient (Wildman–Crippen LogP) is 2.26. The Morgan fingerprint density at radius 3 is 2.94 bits per heavy atom. The van der Waals surface area contributed by atoms with Gasteiger partial charge in [0.05, 0.1) is 12.3 Å². The summed E-state index contributed by atoms with van der Waals surface area (Å²) in [5.41, 5.74) is 1.96. The standard InChI is InChI=1S/C14H22N2O2/c1-3-15-8-13-14(7-4-11(2)16-13)18-10-17-9-12-5-6-12/h4,7,12,15H,3,5-6,8-10H2,1-2H3. The molecule has 0 aromatic carbocycles. The van der Waals surface area contributed by atoms with Gasteiger partial charge in [0.25, 0.3) is 0 Å². The van der Waals surface area contributed by atoms with Crippen molar-refractivity contribution < 1.29 is 9.47 Å². The molecule has 1 aromatic rings. The van der Waals surface area contributed by atoms with E-state index in [1.54, 1.807) is 0 Å². The minimum absolute atomic E-state index is 0.320. The van der Waals surface area contributed by atoms with Crippen molar-refractivity contribution in [2.24, 2.45) is 5.92 Å². The first-order valence-electron chi connectivity index (χ1n) is 6.67. The van der Waals surface area contributed by atoms with Gasteiger partial charge in [-0.15, -0.1) is 0 Å². The Labute approximate surface area is 109 Å². The van der Waals surface area contributed by atoms with Crippen molar-refractivity contribution in [1.82, 2.24) is 10.3 Å². The lowest BCUT2D eigenvalue weighted by Crippen LogP contribution is -2.15.